The summed E-state index contributed by atoms with van der Waals surface area (Å²) in [6, 6.07) is 24.2. The maximum absolute atomic E-state index is 12.6. The molecule has 0 fully saturated rings. The molecule has 0 radical (unpaired) electrons. The molecule has 5 heteroatoms. The van der Waals surface area contributed by atoms with Gasteiger partial charge < -0.3 is 14.4 Å². The van der Waals surface area contributed by atoms with E-state index in [1.165, 1.54) is 0 Å². The van der Waals surface area contributed by atoms with E-state index in [1.54, 1.807) is 43.3 Å². The summed E-state index contributed by atoms with van der Waals surface area (Å²) >= 11 is 0. The van der Waals surface area contributed by atoms with E-state index in [9.17, 15) is 4.79 Å². The highest BCUT2D eigenvalue weighted by molar-refractivity contribution is 5.94. The van der Waals surface area contributed by atoms with Crippen LogP contribution in [0.25, 0.3) is 0 Å². The van der Waals surface area contributed by atoms with E-state index in [-0.39, 0.29) is 5.91 Å². The van der Waals surface area contributed by atoms with Gasteiger partial charge in [0.05, 0.1) is 18.7 Å². The first-order valence-electron chi connectivity index (χ1n) is 9.20. The third-order valence-electron chi connectivity index (χ3n) is 4.49. The van der Waals surface area contributed by atoms with Gasteiger partial charge in [-0.1, -0.05) is 36.4 Å². The lowest BCUT2D eigenvalue weighted by molar-refractivity contribution is 0.0785. The van der Waals surface area contributed by atoms with Crippen LogP contribution in [0.2, 0.25) is 0 Å². The van der Waals surface area contributed by atoms with E-state index in [0.717, 1.165) is 11.1 Å². The average Bonchev–Trinajstić information content (AvgIpc) is 2.78. The van der Waals surface area contributed by atoms with Crippen molar-refractivity contribution in [1.82, 2.24) is 4.90 Å². The lowest BCUT2D eigenvalue weighted by Gasteiger charge is -2.19. The fourth-order valence-corrected chi connectivity index (χ4v) is 2.92. The number of hydrogen-bond acceptors (Lipinski definition) is 4. The van der Waals surface area contributed by atoms with Gasteiger partial charge in [0.1, 0.15) is 6.61 Å². The van der Waals surface area contributed by atoms with E-state index in [1.807, 2.05) is 48.5 Å². The molecule has 0 bridgehead atoms. The lowest BCUT2D eigenvalue weighted by Crippen LogP contribution is -2.26. The van der Waals surface area contributed by atoms with Gasteiger partial charge in [-0.15, -0.1) is 0 Å². The van der Waals surface area contributed by atoms with Gasteiger partial charge >= 0.3 is 0 Å². The van der Waals surface area contributed by atoms with Crippen molar-refractivity contribution in [3.05, 3.63) is 95.1 Å². The summed E-state index contributed by atoms with van der Waals surface area (Å²) in [6.07, 6.45) is 0. The molecule has 0 saturated heterocycles. The monoisotopic (exact) mass is 386 g/mol. The largest absolute Gasteiger partial charge is 0.493 e. The van der Waals surface area contributed by atoms with Gasteiger partial charge in [-0.05, 0) is 47.5 Å². The predicted octanol–water partition coefficient (Wildman–Crippen LogP) is 4.42. The quantitative estimate of drug-likeness (QED) is 0.603. The zero-order valence-corrected chi connectivity index (χ0v) is 16.5. The van der Waals surface area contributed by atoms with Gasteiger partial charge in [-0.25, -0.2) is 0 Å². The Bertz CT molecular complexity index is 1010. The molecule has 0 heterocycles. The van der Waals surface area contributed by atoms with E-state index >= 15 is 0 Å². The molecule has 0 saturated carbocycles. The van der Waals surface area contributed by atoms with Crippen LogP contribution < -0.4 is 9.47 Å². The molecular weight excluding hydrogens is 364 g/mol. The molecule has 146 valence electrons. The summed E-state index contributed by atoms with van der Waals surface area (Å²) in [4.78, 5) is 14.2. The first-order chi connectivity index (χ1) is 14.1. The van der Waals surface area contributed by atoms with Gasteiger partial charge in [-0.3, -0.25) is 4.79 Å². The number of benzene rings is 3. The molecule has 3 rings (SSSR count). The van der Waals surface area contributed by atoms with Gasteiger partial charge in [0.25, 0.3) is 5.91 Å². The maximum atomic E-state index is 12.6. The van der Waals surface area contributed by atoms with Gasteiger partial charge in [0, 0.05) is 19.2 Å². The minimum absolute atomic E-state index is 0.113. The Balaban J connectivity index is 1.67. The zero-order chi connectivity index (χ0) is 20.6. The highest BCUT2D eigenvalue weighted by atomic mass is 16.5. The normalized spacial score (nSPS) is 10.1. The van der Waals surface area contributed by atoms with Gasteiger partial charge in [0.2, 0.25) is 0 Å². The van der Waals surface area contributed by atoms with Crippen molar-refractivity contribution < 1.29 is 14.3 Å². The molecule has 1 amide bonds. The molecule has 0 N–H and O–H groups in total. The molecule has 0 aliphatic heterocycles. The Hall–Kier alpha value is -3.78. The lowest BCUT2D eigenvalue weighted by atomic mass is 10.1. The minimum atomic E-state index is -0.113. The number of nitriles is 1. The van der Waals surface area contributed by atoms with Crippen molar-refractivity contribution in [2.45, 2.75) is 13.2 Å². The third-order valence-corrected chi connectivity index (χ3v) is 4.49. The van der Waals surface area contributed by atoms with Crippen LogP contribution in [0.5, 0.6) is 11.5 Å². The van der Waals surface area contributed by atoms with Crippen molar-refractivity contribution in [3.8, 4) is 17.6 Å². The average molecular weight is 386 g/mol. The number of rotatable bonds is 7. The highest BCUT2D eigenvalue weighted by Crippen LogP contribution is 2.29. The number of ether oxygens (including phenoxy) is 2. The molecular formula is C24H22N2O3. The number of methoxy groups -OCH3 is 1. The number of amides is 1. The van der Waals surface area contributed by atoms with Crippen LogP contribution in [0.3, 0.4) is 0 Å². The van der Waals surface area contributed by atoms with Crippen LogP contribution in [-0.2, 0) is 13.2 Å². The summed E-state index contributed by atoms with van der Waals surface area (Å²) in [5.41, 5.74) is 3.08. The Labute approximate surface area is 170 Å². The summed E-state index contributed by atoms with van der Waals surface area (Å²) < 4.78 is 11.3. The van der Waals surface area contributed by atoms with Crippen LogP contribution in [0.4, 0.5) is 0 Å². The van der Waals surface area contributed by atoms with Gasteiger partial charge in [-0.2, -0.15) is 5.26 Å². The smallest absolute Gasteiger partial charge is 0.253 e. The third kappa shape index (κ3) is 5.14. The first-order valence-corrected chi connectivity index (χ1v) is 9.20. The Kier molecular flexibility index (Phi) is 6.49. The molecule has 3 aromatic rings. The number of nitrogens with zero attached hydrogens (tertiary/aromatic N) is 2. The SMILES string of the molecule is COc1cc(CN(C)C(=O)c2ccc(C#N)cc2)ccc1OCc1ccccc1. The van der Waals surface area contributed by atoms with Crippen molar-refractivity contribution in [1.29, 1.82) is 5.26 Å². The van der Waals surface area contributed by atoms with Crippen LogP contribution in [0.15, 0.2) is 72.8 Å². The van der Waals surface area contributed by atoms with Gasteiger partial charge in [0.15, 0.2) is 11.5 Å². The molecule has 0 aliphatic rings. The molecule has 5 nitrogen and oxygen atoms in total. The van der Waals surface area contributed by atoms with Crippen molar-refractivity contribution >= 4 is 5.91 Å². The van der Waals surface area contributed by atoms with Crippen molar-refractivity contribution in [2.24, 2.45) is 0 Å². The standard InChI is InChI=1S/C24H22N2O3/c1-26(24(27)21-11-8-18(15-25)9-12-21)16-20-10-13-22(23(14-20)28-2)29-17-19-6-4-3-5-7-19/h3-14H,16-17H2,1-2H3. The molecule has 0 unspecified atom stereocenters. The molecule has 0 aromatic heterocycles. The fourth-order valence-electron chi connectivity index (χ4n) is 2.92. The Morgan fingerprint density at radius 1 is 0.966 bits per heavy atom. The van der Waals surface area contributed by atoms with Crippen LogP contribution in [0.1, 0.15) is 27.0 Å². The van der Waals surface area contributed by atoms with E-state index < -0.39 is 0 Å². The predicted molar refractivity (Wildman–Crippen MR) is 111 cm³/mol. The molecule has 0 aliphatic carbocycles. The second-order valence-corrected chi connectivity index (χ2v) is 6.61. The van der Waals surface area contributed by atoms with Crippen LogP contribution in [0, 0.1) is 11.3 Å². The number of carbonyl (C=O) groups is 1. The summed E-state index contributed by atoms with van der Waals surface area (Å²) in [5, 5.41) is 8.88. The summed E-state index contributed by atoms with van der Waals surface area (Å²) in [5.74, 6) is 1.16. The molecule has 29 heavy (non-hydrogen) atoms. The first kappa shape index (κ1) is 20.0. The molecule has 0 spiro atoms. The summed E-state index contributed by atoms with van der Waals surface area (Å²) in [7, 11) is 3.34. The maximum Gasteiger partial charge on any atom is 0.253 e. The van der Waals surface area contributed by atoms with Crippen molar-refractivity contribution in [3.63, 3.8) is 0 Å². The summed E-state index contributed by atoms with van der Waals surface area (Å²) in [6.45, 7) is 0.877. The number of hydrogen-bond donors (Lipinski definition) is 0. The van der Waals surface area contributed by atoms with E-state index in [4.69, 9.17) is 14.7 Å². The molecule has 0 atom stereocenters. The van der Waals surface area contributed by atoms with E-state index in [2.05, 4.69) is 6.07 Å². The highest BCUT2D eigenvalue weighted by Gasteiger charge is 2.14. The second-order valence-electron chi connectivity index (χ2n) is 6.61. The fraction of sp³-hybridized carbons (Fsp3) is 0.167. The second kappa shape index (κ2) is 9.43. The van der Waals surface area contributed by atoms with Crippen LogP contribution in [-0.4, -0.2) is 25.0 Å². The Morgan fingerprint density at radius 3 is 2.34 bits per heavy atom. The minimum Gasteiger partial charge on any atom is -0.493 e. The van der Waals surface area contributed by atoms with Crippen LogP contribution >= 0.6 is 0 Å². The number of carbonyl (C=O) groups excluding carboxylic acids is 1. The van der Waals surface area contributed by atoms with E-state index in [0.29, 0.717) is 35.8 Å². The van der Waals surface area contributed by atoms with Crippen molar-refractivity contribution in [2.75, 3.05) is 14.2 Å². The Morgan fingerprint density at radius 2 is 1.69 bits per heavy atom. The topological polar surface area (TPSA) is 62.6 Å². The molecule has 3 aromatic carbocycles. The zero-order valence-electron chi connectivity index (χ0n) is 16.5.